The lowest BCUT2D eigenvalue weighted by molar-refractivity contribution is 0.596. The lowest BCUT2D eigenvalue weighted by Crippen LogP contribution is -2.02. The van der Waals surface area contributed by atoms with Crippen LogP contribution >= 0.6 is 23.2 Å². The topological polar surface area (TPSA) is 34.1 Å². The Kier molecular flexibility index (Phi) is 4.50. The molecule has 0 aliphatic rings. The van der Waals surface area contributed by atoms with Crippen molar-refractivity contribution >= 4 is 33.0 Å². The van der Waals surface area contributed by atoms with Crippen LogP contribution in [-0.4, -0.2) is 8.42 Å². The summed E-state index contributed by atoms with van der Waals surface area (Å²) >= 11 is 11.4. The molecule has 0 fully saturated rings. The summed E-state index contributed by atoms with van der Waals surface area (Å²) in [6.45, 7) is 0. The van der Waals surface area contributed by atoms with E-state index >= 15 is 0 Å². The molecule has 0 aliphatic carbocycles. The van der Waals surface area contributed by atoms with Crippen LogP contribution in [0.5, 0.6) is 0 Å². The molecule has 0 aromatic heterocycles. The molecule has 5 heteroatoms. The van der Waals surface area contributed by atoms with Gasteiger partial charge >= 0.3 is 0 Å². The Morgan fingerprint density at radius 2 is 1.00 bits per heavy atom. The lowest BCUT2D eigenvalue weighted by atomic mass is 10.2. The van der Waals surface area contributed by atoms with Gasteiger partial charge in [-0.05, 0) is 35.4 Å². The van der Waals surface area contributed by atoms with Crippen molar-refractivity contribution in [2.45, 2.75) is 21.6 Å². The van der Waals surface area contributed by atoms with E-state index in [1.54, 1.807) is 48.5 Å². The maximum atomic E-state index is 12.4. The van der Waals surface area contributed by atoms with Crippen molar-refractivity contribution in [3.63, 3.8) is 0 Å². The van der Waals surface area contributed by atoms with Crippen LogP contribution in [0.3, 0.4) is 0 Å². The molecule has 0 saturated carbocycles. The molecular weight excluding hydrogens is 303 g/mol. The van der Waals surface area contributed by atoms with Crippen molar-refractivity contribution in [2.75, 3.05) is 0 Å². The van der Waals surface area contributed by atoms with Gasteiger partial charge in [0.25, 0.3) is 0 Å². The molecule has 19 heavy (non-hydrogen) atoms. The first-order valence-corrected chi connectivity index (χ1v) is 8.18. The molecule has 100 valence electrons. The first kappa shape index (κ1) is 14.4. The third kappa shape index (κ3) is 3.11. The molecule has 0 bridgehead atoms. The molecule has 0 spiro atoms. The monoisotopic (exact) mass is 314 g/mol. The average molecular weight is 315 g/mol. The van der Waals surface area contributed by atoms with E-state index in [0.29, 0.717) is 11.8 Å². The van der Waals surface area contributed by atoms with Crippen molar-refractivity contribution < 1.29 is 8.42 Å². The molecule has 0 amide bonds. The largest absolute Gasteiger partial charge is 0.219 e. The molecule has 0 unspecified atom stereocenters. The molecule has 2 rings (SSSR count). The van der Waals surface area contributed by atoms with Crippen LogP contribution in [0.1, 0.15) is 11.1 Å². The Morgan fingerprint density at radius 1 is 0.684 bits per heavy atom. The Morgan fingerprint density at radius 3 is 1.26 bits per heavy atom. The Balaban J connectivity index is 2.39. The highest BCUT2D eigenvalue weighted by molar-refractivity contribution is 7.91. The van der Waals surface area contributed by atoms with Crippen LogP contribution in [0, 0.1) is 0 Å². The van der Waals surface area contributed by atoms with Crippen LogP contribution in [0.2, 0.25) is 0 Å². The summed E-state index contributed by atoms with van der Waals surface area (Å²) in [4.78, 5) is 0.528. The first-order valence-electron chi connectivity index (χ1n) is 5.63. The van der Waals surface area contributed by atoms with E-state index in [1.165, 1.54) is 0 Å². The van der Waals surface area contributed by atoms with Gasteiger partial charge in [0, 0.05) is 11.8 Å². The van der Waals surface area contributed by atoms with Crippen LogP contribution in [0.4, 0.5) is 0 Å². The molecule has 0 radical (unpaired) electrons. The van der Waals surface area contributed by atoms with Gasteiger partial charge in [-0.1, -0.05) is 24.3 Å². The summed E-state index contributed by atoms with van der Waals surface area (Å²) in [6, 6.07) is 13.1. The quantitative estimate of drug-likeness (QED) is 0.799. The number of hydrogen-bond acceptors (Lipinski definition) is 2. The number of benzene rings is 2. The van der Waals surface area contributed by atoms with Crippen molar-refractivity contribution in [1.82, 2.24) is 0 Å². The second-order valence-electron chi connectivity index (χ2n) is 4.06. The van der Waals surface area contributed by atoms with Gasteiger partial charge in [-0.15, -0.1) is 23.2 Å². The van der Waals surface area contributed by atoms with Gasteiger partial charge in [0.15, 0.2) is 0 Å². The third-order valence-electron chi connectivity index (χ3n) is 2.78. The first-order chi connectivity index (χ1) is 9.07. The summed E-state index contributed by atoms with van der Waals surface area (Å²) in [5.41, 5.74) is 1.77. The van der Waals surface area contributed by atoms with E-state index in [9.17, 15) is 8.42 Å². The zero-order valence-electron chi connectivity index (χ0n) is 10.0. The maximum absolute atomic E-state index is 12.4. The number of halogens is 2. The van der Waals surface area contributed by atoms with Gasteiger partial charge in [0.05, 0.1) is 9.79 Å². The summed E-state index contributed by atoms with van der Waals surface area (Å²) in [5.74, 6) is 0.732. The summed E-state index contributed by atoms with van der Waals surface area (Å²) in [7, 11) is -3.48. The van der Waals surface area contributed by atoms with Crippen molar-refractivity contribution in [3.8, 4) is 0 Å². The van der Waals surface area contributed by atoms with E-state index in [2.05, 4.69) is 0 Å². The highest BCUT2D eigenvalue weighted by Crippen LogP contribution is 2.22. The second kappa shape index (κ2) is 5.95. The van der Waals surface area contributed by atoms with Crippen LogP contribution < -0.4 is 0 Å². The minimum Gasteiger partial charge on any atom is -0.219 e. The van der Waals surface area contributed by atoms with Gasteiger partial charge in [-0.3, -0.25) is 0 Å². The lowest BCUT2D eigenvalue weighted by Gasteiger charge is -2.06. The van der Waals surface area contributed by atoms with E-state index in [4.69, 9.17) is 23.2 Å². The minimum absolute atomic E-state index is 0.264. The zero-order valence-corrected chi connectivity index (χ0v) is 12.3. The zero-order chi connectivity index (χ0) is 13.9. The predicted molar refractivity (Wildman–Crippen MR) is 77.4 cm³/mol. The van der Waals surface area contributed by atoms with Crippen LogP contribution in [0.25, 0.3) is 0 Å². The van der Waals surface area contributed by atoms with Crippen LogP contribution in [-0.2, 0) is 21.6 Å². The van der Waals surface area contributed by atoms with Gasteiger partial charge in [-0.2, -0.15) is 0 Å². The SMILES string of the molecule is O=S(=O)(c1ccc(CCl)cc1)c1ccc(CCl)cc1. The number of alkyl halides is 2. The van der Waals surface area contributed by atoms with E-state index in [-0.39, 0.29) is 9.79 Å². The predicted octanol–water partition coefficient (Wildman–Crippen LogP) is 4.00. The third-order valence-corrected chi connectivity index (χ3v) is 5.18. The van der Waals surface area contributed by atoms with Gasteiger partial charge < -0.3 is 0 Å². The molecule has 2 nitrogen and oxygen atoms in total. The van der Waals surface area contributed by atoms with Crippen molar-refractivity contribution in [3.05, 3.63) is 59.7 Å². The van der Waals surface area contributed by atoms with E-state index in [1.807, 2.05) is 0 Å². The smallest absolute Gasteiger partial charge is 0.206 e. The summed E-state index contributed by atoms with van der Waals surface area (Å²) < 4.78 is 24.7. The highest BCUT2D eigenvalue weighted by Gasteiger charge is 2.17. The normalized spacial score (nSPS) is 11.5. The molecule has 2 aromatic carbocycles. The fourth-order valence-electron chi connectivity index (χ4n) is 1.65. The Hall–Kier alpha value is -1.03. The van der Waals surface area contributed by atoms with Crippen molar-refractivity contribution in [2.24, 2.45) is 0 Å². The Labute approximate surface area is 122 Å². The molecule has 0 N–H and O–H groups in total. The average Bonchev–Trinajstić information content (AvgIpc) is 2.47. The minimum atomic E-state index is -3.48. The summed E-state index contributed by atoms with van der Waals surface area (Å²) in [5, 5.41) is 0. The molecule has 0 atom stereocenters. The fraction of sp³-hybridized carbons (Fsp3) is 0.143. The number of sulfone groups is 1. The second-order valence-corrected chi connectivity index (χ2v) is 6.54. The molecule has 0 heterocycles. The Bertz CT molecular complexity index is 593. The highest BCUT2D eigenvalue weighted by atomic mass is 35.5. The number of rotatable bonds is 4. The van der Waals surface area contributed by atoms with Crippen LogP contribution in [0.15, 0.2) is 58.3 Å². The molecule has 2 aromatic rings. The molecular formula is C14H12Cl2O2S. The number of hydrogen-bond donors (Lipinski definition) is 0. The van der Waals surface area contributed by atoms with Gasteiger partial charge in [0.1, 0.15) is 0 Å². The molecule has 0 aliphatic heterocycles. The van der Waals surface area contributed by atoms with Crippen molar-refractivity contribution in [1.29, 1.82) is 0 Å². The van der Waals surface area contributed by atoms with Gasteiger partial charge in [-0.25, -0.2) is 8.42 Å². The molecule has 0 saturated heterocycles. The fourth-order valence-corrected chi connectivity index (χ4v) is 3.27. The van der Waals surface area contributed by atoms with Gasteiger partial charge in [0.2, 0.25) is 9.84 Å². The van der Waals surface area contributed by atoms with E-state index < -0.39 is 9.84 Å². The standard InChI is InChI=1S/C14H12Cl2O2S/c15-9-11-1-5-13(6-2-11)19(17,18)14-7-3-12(10-16)4-8-14/h1-8H,9-10H2. The maximum Gasteiger partial charge on any atom is 0.206 e. The van der Waals surface area contributed by atoms with E-state index in [0.717, 1.165) is 11.1 Å². The summed E-state index contributed by atoms with van der Waals surface area (Å²) in [6.07, 6.45) is 0.